The minimum atomic E-state index is -1.15. The molecule has 1 saturated heterocycles. The van der Waals surface area contributed by atoms with E-state index in [0.29, 0.717) is 0 Å². The Bertz CT molecular complexity index is 1060. The van der Waals surface area contributed by atoms with Gasteiger partial charge < -0.3 is 0 Å². The summed E-state index contributed by atoms with van der Waals surface area (Å²) in [4.78, 5) is 0. The van der Waals surface area contributed by atoms with Crippen LogP contribution >= 0.6 is 0 Å². The normalized spacial score (nSPS) is 19.3. The average Bonchev–Trinajstić information content (AvgIpc) is 2.73. The zero-order valence-corrected chi connectivity index (χ0v) is 19.3. The van der Waals surface area contributed by atoms with E-state index in [2.05, 4.69) is 73.7 Å². The van der Waals surface area contributed by atoms with Crippen LogP contribution in [0.15, 0.2) is 48.7 Å². The molecule has 0 radical (unpaired) electrons. The topological polar surface area (TPSA) is 3.88 Å². The molecule has 1 aliphatic carbocycles. The second-order valence-electron chi connectivity index (χ2n) is 9.90. The Kier molecular flexibility index (Phi) is 4.86. The van der Waals surface area contributed by atoms with Gasteiger partial charge in [0.25, 0.3) is 0 Å². The maximum atomic E-state index is 2.57. The molecular formula is C27H34NSi+. The van der Waals surface area contributed by atoms with Crippen molar-refractivity contribution in [2.45, 2.75) is 70.0 Å². The van der Waals surface area contributed by atoms with E-state index in [9.17, 15) is 0 Å². The first-order valence-corrected chi connectivity index (χ1v) is 14.5. The summed E-state index contributed by atoms with van der Waals surface area (Å²) in [6.45, 7) is 4.84. The van der Waals surface area contributed by atoms with Crippen LogP contribution < -0.4 is 9.75 Å². The molecule has 1 aliphatic heterocycles. The monoisotopic (exact) mass is 400 g/mol. The van der Waals surface area contributed by atoms with Crippen LogP contribution in [0.5, 0.6) is 0 Å². The number of aryl methyl sites for hydroxylation is 2. The summed E-state index contributed by atoms with van der Waals surface area (Å²) in [5.41, 5.74) is 5.73. The lowest BCUT2D eigenvalue weighted by Crippen LogP contribution is -2.50. The van der Waals surface area contributed by atoms with E-state index in [1.54, 1.807) is 10.8 Å². The lowest BCUT2D eigenvalue weighted by Gasteiger charge is -2.36. The molecule has 2 aromatic carbocycles. The number of hydrogen-bond acceptors (Lipinski definition) is 0. The van der Waals surface area contributed by atoms with Gasteiger partial charge in [-0.15, -0.1) is 0 Å². The molecular weight excluding hydrogens is 366 g/mol. The van der Waals surface area contributed by atoms with E-state index >= 15 is 0 Å². The summed E-state index contributed by atoms with van der Waals surface area (Å²) in [6.07, 6.45) is 10.6. The minimum Gasteiger partial charge on any atom is -0.200 e. The van der Waals surface area contributed by atoms with Crippen molar-refractivity contribution in [1.29, 1.82) is 0 Å². The Hall–Kier alpha value is -1.93. The highest BCUT2D eigenvalue weighted by Crippen LogP contribution is 2.37. The zero-order valence-electron chi connectivity index (χ0n) is 18.3. The van der Waals surface area contributed by atoms with Crippen molar-refractivity contribution in [1.82, 2.24) is 0 Å². The van der Waals surface area contributed by atoms with E-state index in [-0.39, 0.29) is 0 Å². The largest absolute Gasteiger partial charge is 0.220 e. The fraction of sp³-hybridized carbons (Fsp3) is 0.444. The van der Waals surface area contributed by atoms with Gasteiger partial charge in [-0.3, -0.25) is 0 Å². The van der Waals surface area contributed by atoms with Crippen LogP contribution in [0.1, 0.15) is 55.6 Å². The highest BCUT2D eigenvalue weighted by Gasteiger charge is 2.36. The predicted molar refractivity (Wildman–Crippen MR) is 127 cm³/mol. The second kappa shape index (κ2) is 7.39. The van der Waals surface area contributed by atoms with Crippen LogP contribution in [0, 0.1) is 6.92 Å². The first kappa shape index (κ1) is 19.1. The molecule has 1 saturated carbocycles. The van der Waals surface area contributed by atoms with Gasteiger partial charge in [0.15, 0.2) is 6.20 Å². The van der Waals surface area contributed by atoms with Gasteiger partial charge in [0.1, 0.15) is 7.05 Å². The summed E-state index contributed by atoms with van der Waals surface area (Å²) in [6, 6.07) is 19.9. The summed E-state index contributed by atoms with van der Waals surface area (Å²) < 4.78 is 2.33. The molecule has 2 aliphatic rings. The number of pyridine rings is 1. The first-order chi connectivity index (χ1) is 14.0. The Morgan fingerprint density at radius 1 is 0.897 bits per heavy atom. The van der Waals surface area contributed by atoms with Gasteiger partial charge >= 0.3 is 0 Å². The third-order valence-electron chi connectivity index (χ3n) is 7.88. The maximum Gasteiger partial charge on any atom is 0.220 e. The van der Waals surface area contributed by atoms with Crippen molar-refractivity contribution in [3.8, 4) is 11.3 Å². The van der Waals surface area contributed by atoms with Crippen molar-refractivity contribution in [2.75, 3.05) is 0 Å². The minimum absolute atomic E-state index is 0.750. The fourth-order valence-electron chi connectivity index (χ4n) is 5.66. The lowest BCUT2D eigenvalue weighted by molar-refractivity contribution is -0.659. The number of fused-ring (bicyclic) bond motifs is 1. The molecule has 2 heterocycles. The molecule has 0 amide bonds. The van der Waals surface area contributed by atoms with Crippen LogP contribution in [0.2, 0.25) is 18.6 Å². The van der Waals surface area contributed by atoms with Gasteiger partial charge in [-0.1, -0.05) is 73.8 Å². The average molecular weight is 401 g/mol. The van der Waals surface area contributed by atoms with Crippen LogP contribution in [0.25, 0.3) is 22.0 Å². The SMILES string of the molecule is Cc1ccc(C2CCCCC2)cc1-c1c2ccc([Si]3(C)CCC3)cc2cc[n+]1C. The Morgan fingerprint density at radius 3 is 2.41 bits per heavy atom. The molecule has 0 N–H and O–H groups in total. The maximum absolute atomic E-state index is 2.57. The highest BCUT2D eigenvalue weighted by molar-refractivity contribution is 6.93. The van der Waals surface area contributed by atoms with E-state index in [1.165, 1.54) is 78.2 Å². The van der Waals surface area contributed by atoms with Crippen molar-refractivity contribution < 1.29 is 4.57 Å². The standard InChI is InChI=1S/C27H34NSi/c1-20-10-11-22(21-8-5-4-6-9-21)19-26(20)27-25-13-12-24(29(3)16-7-17-29)18-23(25)14-15-28(27)2/h10-15,18-19,21H,4-9,16-17H2,1-3H3/q+1. The van der Waals surface area contributed by atoms with Crippen LogP contribution in [-0.2, 0) is 7.05 Å². The molecule has 29 heavy (non-hydrogen) atoms. The molecule has 150 valence electrons. The van der Waals surface area contributed by atoms with E-state index in [1.807, 2.05) is 0 Å². The molecule has 0 unspecified atom stereocenters. The Labute approximate surface area is 176 Å². The predicted octanol–water partition coefficient (Wildman–Crippen LogP) is 6.38. The van der Waals surface area contributed by atoms with Gasteiger partial charge in [0.05, 0.1) is 13.5 Å². The van der Waals surface area contributed by atoms with Gasteiger partial charge in [-0.25, -0.2) is 4.57 Å². The third kappa shape index (κ3) is 3.36. The molecule has 2 fully saturated rings. The second-order valence-corrected chi connectivity index (χ2v) is 14.6. The zero-order chi connectivity index (χ0) is 20.0. The Morgan fingerprint density at radius 2 is 1.69 bits per heavy atom. The summed E-state index contributed by atoms with van der Waals surface area (Å²) in [5.74, 6) is 0.750. The van der Waals surface area contributed by atoms with Gasteiger partial charge in [-0.2, -0.15) is 0 Å². The lowest BCUT2D eigenvalue weighted by atomic mass is 9.82. The molecule has 0 bridgehead atoms. The number of rotatable bonds is 3. The molecule has 0 atom stereocenters. The molecule has 5 rings (SSSR count). The van der Waals surface area contributed by atoms with E-state index in [0.717, 1.165) is 5.92 Å². The van der Waals surface area contributed by atoms with Crippen molar-refractivity contribution in [3.05, 3.63) is 59.8 Å². The first-order valence-electron chi connectivity index (χ1n) is 11.6. The molecule has 0 spiro atoms. The number of aromatic nitrogens is 1. The number of benzene rings is 2. The molecule has 2 heteroatoms. The van der Waals surface area contributed by atoms with Crippen molar-refractivity contribution >= 4 is 24.0 Å². The smallest absolute Gasteiger partial charge is 0.200 e. The molecule has 1 nitrogen and oxygen atoms in total. The van der Waals surface area contributed by atoms with Crippen molar-refractivity contribution in [3.63, 3.8) is 0 Å². The van der Waals surface area contributed by atoms with Crippen LogP contribution in [0.4, 0.5) is 0 Å². The van der Waals surface area contributed by atoms with Gasteiger partial charge in [0.2, 0.25) is 5.69 Å². The summed E-state index contributed by atoms with van der Waals surface area (Å²) >= 11 is 0. The van der Waals surface area contributed by atoms with Gasteiger partial charge in [-0.05, 0) is 54.3 Å². The fourth-order valence-corrected chi connectivity index (χ4v) is 8.65. The molecule has 3 aromatic rings. The summed E-state index contributed by atoms with van der Waals surface area (Å²) in [5, 5.41) is 4.47. The molecule has 1 aromatic heterocycles. The summed E-state index contributed by atoms with van der Waals surface area (Å²) in [7, 11) is 1.06. The van der Waals surface area contributed by atoms with E-state index in [4.69, 9.17) is 0 Å². The third-order valence-corrected chi connectivity index (χ3v) is 12.5. The van der Waals surface area contributed by atoms with Crippen molar-refractivity contribution in [2.24, 2.45) is 7.05 Å². The quantitative estimate of drug-likeness (QED) is 0.355. The number of nitrogens with zero attached hydrogens (tertiary/aromatic N) is 1. The van der Waals surface area contributed by atoms with E-state index < -0.39 is 8.07 Å². The van der Waals surface area contributed by atoms with Crippen LogP contribution in [-0.4, -0.2) is 8.07 Å². The number of hydrogen-bond donors (Lipinski definition) is 0. The van der Waals surface area contributed by atoms with Crippen LogP contribution in [0.3, 0.4) is 0 Å². The Balaban J connectivity index is 1.63. The highest BCUT2D eigenvalue weighted by atomic mass is 28.3. The van der Waals surface area contributed by atoms with Gasteiger partial charge in [0, 0.05) is 11.6 Å².